The molecule has 2 heterocycles. The fourth-order valence-corrected chi connectivity index (χ4v) is 1.99. The summed E-state index contributed by atoms with van der Waals surface area (Å²) in [6.07, 6.45) is 9.25. The van der Waals surface area contributed by atoms with E-state index in [4.69, 9.17) is 0 Å². The van der Waals surface area contributed by atoms with Gasteiger partial charge in [0.2, 0.25) is 0 Å². The molecule has 0 bridgehead atoms. The molecule has 104 valence electrons. The lowest BCUT2D eigenvalue weighted by atomic mass is 10.2. The summed E-state index contributed by atoms with van der Waals surface area (Å²) < 4.78 is 2.08. The summed E-state index contributed by atoms with van der Waals surface area (Å²) in [7, 11) is 2.04. The number of pyridine rings is 1. The van der Waals surface area contributed by atoms with Gasteiger partial charge in [-0.2, -0.15) is 0 Å². The Bertz CT molecular complexity index is 578. The van der Waals surface area contributed by atoms with E-state index in [1.807, 2.05) is 49.9 Å². The summed E-state index contributed by atoms with van der Waals surface area (Å²) in [5.41, 5.74) is 1.06. The quantitative estimate of drug-likeness (QED) is 0.718. The lowest BCUT2D eigenvalue weighted by Crippen LogP contribution is -1.96. The van der Waals surface area contributed by atoms with Crippen LogP contribution >= 0.6 is 0 Å². The zero-order valence-corrected chi connectivity index (χ0v) is 12.2. The number of imidazole rings is 1. The van der Waals surface area contributed by atoms with Crippen LogP contribution in [0.1, 0.15) is 25.6 Å². The van der Waals surface area contributed by atoms with Gasteiger partial charge in [-0.05, 0) is 18.6 Å². The second kappa shape index (κ2) is 7.43. The van der Waals surface area contributed by atoms with Gasteiger partial charge in [0, 0.05) is 37.4 Å². The molecule has 0 aliphatic carbocycles. The number of rotatable bonds is 3. The van der Waals surface area contributed by atoms with Crippen LogP contribution in [-0.4, -0.2) is 14.5 Å². The highest BCUT2D eigenvalue weighted by atomic mass is 15.0. The highest BCUT2D eigenvalue weighted by Gasteiger charge is 1.95. The van der Waals surface area contributed by atoms with Gasteiger partial charge in [0.25, 0.3) is 0 Å². The first-order valence-corrected chi connectivity index (χ1v) is 7.07. The Labute approximate surface area is 120 Å². The summed E-state index contributed by atoms with van der Waals surface area (Å²) in [4.78, 5) is 8.40. The van der Waals surface area contributed by atoms with Gasteiger partial charge in [-0.25, -0.2) is 4.98 Å². The molecular weight excluding hydrogens is 246 g/mol. The van der Waals surface area contributed by atoms with Crippen LogP contribution in [-0.2, 0) is 13.5 Å². The van der Waals surface area contributed by atoms with Crippen LogP contribution in [0.4, 0.5) is 0 Å². The third-order valence-electron chi connectivity index (χ3n) is 3.19. The van der Waals surface area contributed by atoms with E-state index in [9.17, 15) is 0 Å². The summed E-state index contributed by atoms with van der Waals surface area (Å²) in [5, 5.41) is 1.20. The average Bonchev–Trinajstić information content (AvgIpc) is 2.91. The van der Waals surface area contributed by atoms with Gasteiger partial charge in [0.1, 0.15) is 5.82 Å². The van der Waals surface area contributed by atoms with Crippen molar-refractivity contribution in [2.24, 2.45) is 7.05 Å². The molecular formula is C17H21N3. The van der Waals surface area contributed by atoms with Crippen molar-refractivity contribution in [1.82, 2.24) is 14.5 Å². The average molecular weight is 267 g/mol. The van der Waals surface area contributed by atoms with Crippen molar-refractivity contribution in [1.29, 1.82) is 0 Å². The third kappa shape index (κ3) is 3.92. The highest BCUT2D eigenvalue weighted by molar-refractivity contribution is 5.77. The topological polar surface area (TPSA) is 30.7 Å². The Kier molecular flexibility index (Phi) is 5.30. The first kappa shape index (κ1) is 14.3. The number of hydrogen-bond donors (Lipinski definition) is 0. The van der Waals surface area contributed by atoms with Gasteiger partial charge in [-0.1, -0.05) is 37.6 Å². The van der Waals surface area contributed by atoms with Gasteiger partial charge in [0.05, 0.1) is 5.52 Å². The van der Waals surface area contributed by atoms with Crippen molar-refractivity contribution in [3.8, 4) is 0 Å². The molecule has 1 aromatic carbocycles. The molecule has 0 atom stereocenters. The Morgan fingerprint density at radius 3 is 2.50 bits per heavy atom. The van der Waals surface area contributed by atoms with Crippen LogP contribution in [0.2, 0.25) is 0 Å². The zero-order chi connectivity index (χ0) is 14.2. The summed E-state index contributed by atoms with van der Waals surface area (Å²) >= 11 is 0. The number of para-hydroxylation sites is 1. The molecule has 0 fully saturated rings. The predicted octanol–water partition coefficient (Wildman–Crippen LogP) is 4.00. The number of aromatic nitrogens is 3. The van der Waals surface area contributed by atoms with E-state index < -0.39 is 0 Å². The second-order valence-corrected chi connectivity index (χ2v) is 4.75. The van der Waals surface area contributed by atoms with Crippen LogP contribution < -0.4 is 0 Å². The largest absolute Gasteiger partial charge is 0.338 e. The first-order valence-electron chi connectivity index (χ1n) is 7.07. The highest BCUT2D eigenvalue weighted by Crippen LogP contribution is 2.07. The minimum absolute atomic E-state index is 1.06. The molecule has 0 spiro atoms. The van der Waals surface area contributed by atoms with Gasteiger partial charge >= 0.3 is 0 Å². The maximum atomic E-state index is 4.22. The normalized spacial score (nSPS) is 10.1. The van der Waals surface area contributed by atoms with Crippen molar-refractivity contribution >= 4 is 10.9 Å². The van der Waals surface area contributed by atoms with Crippen LogP contribution in [0.3, 0.4) is 0 Å². The van der Waals surface area contributed by atoms with Crippen molar-refractivity contribution in [2.75, 3.05) is 0 Å². The Hall–Kier alpha value is -2.16. The lowest BCUT2D eigenvalue weighted by Gasteiger charge is -1.97. The molecule has 2 aromatic heterocycles. The molecule has 3 aromatic rings. The maximum absolute atomic E-state index is 4.22. The van der Waals surface area contributed by atoms with Crippen LogP contribution in [0.25, 0.3) is 10.9 Å². The number of nitrogens with zero attached hydrogens (tertiary/aromatic N) is 3. The monoisotopic (exact) mass is 267 g/mol. The molecule has 3 rings (SSSR count). The summed E-state index contributed by atoms with van der Waals surface area (Å²) in [6, 6.07) is 12.1. The summed E-state index contributed by atoms with van der Waals surface area (Å²) in [6.45, 7) is 2.20. The van der Waals surface area contributed by atoms with E-state index in [1.165, 1.54) is 24.1 Å². The van der Waals surface area contributed by atoms with E-state index in [2.05, 4.69) is 33.6 Å². The minimum atomic E-state index is 1.06. The second-order valence-electron chi connectivity index (χ2n) is 4.75. The van der Waals surface area contributed by atoms with Crippen LogP contribution in [0.15, 0.2) is 55.0 Å². The molecule has 0 amide bonds. The summed E-state index contributed by atoms with van der Waals surface area (Å²) in [5.74, 6) is 1.20. The van der Waals surface area contributed by atoms with Crippen LogP contribution in [0, 0.1) is 0 Å². The number of hydrogen-bond acceptors (Lipinski definition) is 2. The minimum Gasteiger partial charge on any atom is -0.338 e. The van der Waals surface area contributed by atoms with Crippen molar-refractivity contribution in [3.05, 3.63) is 60.8 Å². The molecule has 0 N–H and O–H groups in total. The van der Waals surface area contributed by atoms with Crippen molar-refractivity contribution in [3.63, 3.8) is 0 Å². The van der Waals surface area contributed by atoms with E-state index in [-0.39, 0.29) is 0 Å². The SMILES string of the molecule is CCCCc1nccn1C.c1ccc2ncccc2c1. The number of unbranched alkanes of at least 4 members (excludes halogenated alkanes) is 1. The molecule has 0 radical (unpaired) electrons. The lowest BCUT2D eigenvalue weighted by molar-refractivity contribution is 0.712. The van der Waals surface area contributed by atoms with E-state index in [0.29, 0.717) is 0 Å². The third-order valence-corrected chi connectivity index (χ3v) is 3.19. The van der Waals surface area contributed by atoms with E-state index in [1.54, 1.807) is 0 Å². The molecule has 3 heteroatoms. The number of aryl methyl sites for hydroxylation is 2. The molecule has 0 unspecified atom stereocenters. The van der Waals surface area contributed by atoms with E-state index in [0.717, 1.165) is 11.9 Å². The smallest absolute Gasteiger partial charge is 0.108 e. The molecule has 3 nitrogen and oxygen atoms in total. The Morgan fingerprint density at radius 1 is 1.00 bits per heavy atom. The van der Waals surface area contributed by atoms with Crippen molar-refractivity contribution < 1.29 is 0 Å². The van der Waals surface area contributed by atoms with E-state index >= 15 is 0 Å². The molecule has 0 aliphatic rings. The van der Waals surface area contributed by atoms with Gasteiger partial charge in [-0.3, -0.25) is 4.98 Å². The fraction of sp³-hybridized carbons (Fsp3) is 0.294. The maximum Gasteiger partial charge on any atom is 0.108 e. The van der Waals surface area contributed by atoms with Crippen LogP contribution in [0.5, 0.6) is 0 Å². The van der Waals surface area contributed by atoms with Gasteiger partial charge < -0.3 is 4.57 Å². The Balaban J connectivity index is 0.000000147. The molecule has 0 saturated heterocycles. The Morgan fingerprint density at radius 2 is 1.80 bits per heavy atom. The number of fused-ring (bicyclic) bond motifs is 1. The molecule has 0 aliphatic heterocycles. The van der Waals surface area contributed by atoms with Gasteiger partial charge in [-0.15, -0.1) is 0 Å². The van der Waals surface area contributed by atoms with Crippen molar-refractivity contribution in [2.45, 2.75) is 26.2 Å². The first-order chi connectivity index (χ1) is 9.81. The standard InChI is InChI=1S/C9H7N.C8H14N2/c1-2-6-9-8(4-1)5-3-7-10-9;1-3-4-5-8-9-6-7-10(8)2/h1-7H;6-7H,3-5H2,1-2H3. The molecule has 0 saturated carbocycles. The fourth-order valence-electron chi connectivity index (χ4n) is 1.99. The number of benzene rings is 1. The zero-order valence-electron chi connectivity index (χ0n) is 12.2. The molecule has 20 heavy (non-hydrogen) atoms. The van der Waals surface area contributed by atoms with Gasteiger partial charge in [0.15, 0.2) is 0 Å². The predicted molar refractivity (Wildman–Crippen MR) is 83.6 cm³/mol.